The number of ether oxygens (including phenoxy) is 2. The molecule has 2 fully saturated rings. The highest BCUT2D eigenvalue weighted by molar-refractivity contribution is 6.32. The molecule has 0 bridgehead atoms. The van der Waals surface area contributed by atoms with E-state index < -0.39 is 0 Å². The minimum absolute atomic E-state index is 0.359. The molecule has 0 spiro atoms. The predicted octanol–water partition coefficient (Wildman–Crippen LogP) is 5.02. The summed E-state index contributed by atoms with van der Waals surface area (Å²) in [6.07, 6.45) is 3.80. The van der Waals surface area contributed by atoms with Crippen molar-refractivity contribution in [2.75, 3.05) is 13.2 Å². The molecule has 1 saturated carbocycles. The number of nitrogens with zero attached hydrogens (tertiary/aromatic N) is 5. The number of fused-ring (bicyclic) bond motifs is 3. The van der Waals surface area contributed by atoms with E-state index in [1.165, 1.54) is 0 Å². The molecular weight excluding hydrogens is 452 g/mol. The number of nitrogens with one attached hydrogen (secondary N) is 1. The topological polar surface area (TPSA) is 90.7 Å². The first kappa shape index (κ1) is 19.9. The lowest BCUT2D eigenvalue weighted by atomic mass is 10.2. The Kier molecular flexibility index (Phi) is 4.40. The number of rotatable bonds is 5. The zero-order valence-corrected chi connectivity index (χ0v) is 19.2. The molecule has 1 saturated heterocycles. The average molecular weight is 473 g/mol. The van der Waals surface area contributed by atoms with Gasteiger partial charge in [0.2, 0.25) is 0 Å². The van der Waals surface area contributed by atoms with Crippen LogP contribution in [0.1, 0.15) is 5.82 Å². The van der Waals surface area contributed by atoms with Crippen LogP contribution >= 0.6 is 11.6 Å². The fourth-order valence-electron chi connectivity index (χ4n) is 5.01. The first-order valence-electron chi connectivity index (χ1n) is 11.3. The number of halogens is 1. The summed E-state index contributed by atoms with van der Waals surface area (Å²) in [5.41, 5.74) is 4.73. The number of hydrogen-bond donors (Lipinski definition) is 1. The van der Waals surface area contributed by atoms with Gasteiger partial charge in [0.05, 0.1) is 41.5 Å². The van der Waals surface area contributed by atoms with Gasteiger partial charge in [0.1, 0.15) is 23.0 Å². The quantitative estimate of drug-likeness (QED) is 0.386. The zero-order chi connectivity index (χ0) is 22.8. The number of hydrogen-bond acceptors (Lipinski definition) is 6. The summed E-state index contributed by atoms with van der Waals surface area (Å²) in [7, 11) is 0. The first-order valence-corrected chi connectivity index (χ1v) is 11.7. The Morgan fingerprint density at radius 3 is 2.68 bits per heavy atom. The van der Waals surface area contributed by atoms with E-state index in [4.69, 9.17) is 26.1 Å². The van der Waals surface area contributed by atoms with Crippen LogP contribution in [0.4, 0.5) is 0 Å². The van der Waals surface area contributed by atoms with Gasteiger partial charge in [0.15, 0.2) is 5.15 Å². The molecule has 170 valence electrons. The highest BCUT2D eigenvalue weighted by Crippen LogP contribution is 2.51. The minimum atomic E-state index is 0.359. The van der Waals surface area contributed by atoms with Crippen molar-refractivity contribution in [1.29, 1.82) is 0 Å². The standard InChI is InChI=1S/C25H21ClN6O2/c1-13-28-20-4-2-15(6-22(20)29-13)34-16-3-5-21-23(7-16)30-24(25(26)31-21)14-8-27-32(9-14)10-17-18-11-33-12-19(17)18/h2-9,17-19H,10-12H2,1H3,(H,28,29). The van der Waals surface area contributed by atoms with Gasteiger partial charge in [0.25, 0.3) is 0 Å². The summed E-state index contributed by atoms with van der Waals surface area (Å²) >= 11 is 6.50. The van der Waals surface area contributed by atoms with E-state index in [1.54, 1.807) is 6.20 Å². The van der Waals surface area contributed by atoms with Gasteiger partial charge >= 0.3 is 0 Å². The Labute approximate surface area is 199 Å². The van der Waals surface area contributed by atoms with E-state index in [0.29, 0.717) is 51.1 Å². The Balaban J connectivity index is 1.16. The lowest BCUT2D eigenvalue weighted by molar-refractivity contribution is 0.147. The highest BCUT2D eigenvalue weighted by atomic mass is 35.5. The third-order valence-corrected chi connectivity index (χ3v) is 7.10. The van der Waals surface area contributed by atoms with Gasteiger partial charge in [-0.05, 0) is 48.9 Å². The van der Waals surface area contributed by atoms with Gasteiger partial charge in [-0.3, -0.25) is 4.68 Å². The van der Waals surface area contributed by atoms with Crippen LogP contribution in [0, 0.1) is 24.7 Å². The van der Waals surface area contributed by atoms with Crippen LogP contribution < -0.4 is 4.74 Å². The van der Waals surface area contributed by atoms with E-state index in [9.17, 15) is 0 Å². The molecule has 8 nitrogen and oxygen atoms in total. The lowest BCUT2D eigenvalue weighted by Gasteiger charge is -2.08. The van der Waals surface area contributed by atoms with Crippen LogP contribution in [0.25, 0.3) is 33.3 Å². The predicted molar refractivity (Wildman–Crippen MR) is 128 cm³/mol. The number of imidazole rings is 1. The van der Waals surface area contributed by atoms with Crippen LogP contribution in [0.5, 0.6) is 11.5 Å². The molecule has 2 aliphatic rings. The van der Waals surface area contributed by atoms with Crippen LogP contribution in [0.15, 0.2) is 48.8 Å². The molecule has 0 amide bonds. The summed E-state index contributed by atoms with van der Waals surface area (Å²) in [4.78, 5) is 17.0. The number of aromatic nitrogens is 6. The SMILES string of the molecule is Cc1nc2ccc(Oc3ccc4nc(Cl)c(-c5cnn(CC6C7COCC76)c5)nc4c3)cc2[nH]1. The van der Waals surface area contributed by atoms with Crippen LogP contribution in [0.2, 0.25) is 5.15 Å². The number of benzene rings is 2. The van der Waals surface area contributed by atoms with Crippen molar-refractivity contribution in [1.82, 2.24) is 29.7 Å². The fourth-order valence-corrected chi connectivity index (χ4v) is 5.25. The molecule has 7 rings (SSSR count). The second-order valence-corrected chi connectivity index (χ2v) is 9.45. The first-order chi connectivity index (χ1) is 16.6. The van der Waals surface area contributed by atoms with Crippen molar-refractivity contribution in [2.24, 2.45) is 17.8 Å². The third kappa shape index (κ3) is 3.41. The van der Waals surface area contributed by atoms with E-state index in [1.807, 2.05) is 54.2 Å². The van der Waals surface area contributed by atoms with E-state index in [-0.39, 0.29) is 0 Å². The van der Waals surface area contributed by atoms with Crippen molar-refractivity contribution in [3.05, 3.63) is 59.8 Å². The fraction of sp³-hybridized carbons (Fsp3) is 0.280. The maximum Gasteiger partial charge on any atom is 0.156 e. The molecular formula is C25H21ClN6O2. The van der Waals surface area contributed by atoms with Gasteiger partial charge in [-0.15, -0.1) is 0 Å². The monoisotopic (exact) mass is 472 g/mol. The van der Waals surface area contributed by atoms with Crippen molar-refractivity contribution >= 4 is 33.7 Å². The summed E-state index contributed by atoms with van der Waals surface area (Å²) < 4.78 is 13.6. The summed E-state index contributed by atoms with van der Waals surface area (Å²) in [6.45, 7) is 4.59. The average Bonchev–Trinajstić information content (AvgIpc) is 3.27. The maximum absolute atomic E-state index is 6.50. The highest BCUT2D eigenvalue weighted by Gasteiger charge is 2.53. The molecule has 9 heteroatoms. The summed E-state index contributed by atoms with van der Waals surface area (Å²) in [6, 6.07) is 11.4. The van der Waals surface area contributed by atoms with Crippen molar-refractivity contribution in [3.8, 4) is 22.8 Å². The maximum atomic E-state index is 6.50. The Morgan fingerprint density at radius 1 is 1.03 bits per heavy atom. The smallest absolute Gasteiger partial charge is 0.156 e. The van der Waals surface area contributed by atoms with Gasteiger partial charge in [0, 0.05) is 30.4 Å². The molecule has 1 aliphatic heterocycles. The van der Waals surface area contributed by atoms with E-state index in [2.05, 4.69) is 20.1 Å². The molecule has 2 atom stereocenters. The second kappa shape index (κ2) is 7.51. The number of aryl methyl sites for hydroxylation is 1. The number of H-pyrrole nitrogens is 1. The van der Waals surface area contributed by atoms with Crippen molar-refractivity contribution in [2.45, 2.75) is 13.5 Å². The summed E-state index contributed by atoms with van der Waals surface area (Å²) in [5, 5.41) is 4.90. The molecule has 0 radical (unpaired) electrons. The third-order valence-electron chi connectivity index (χ3n) is 6.83. The summed E-state index contributed by atoms with van der Waals surface area (Å²) in [5.74, 6) is 4.29. The van der Waals surface area contributed by atoms with Gasteiger partial charge in [-0.2, -0.15) is 5.10 Å². The zero-order valence-electron chi connectivity index (χ0n) is 18.4. The molecule has 5 aromatic rings. The van der Waals surface area contributed by atoms with E-state index in [0.717, 1.165) is 42.2 Å². The van der Waals surface area contributed by atoms with Crippen LogP contribution in [0.3, 0.4) is 0 Å². The van der Waals surface area contributed by atoms with Crippen molar-refractivity contribution in [3.63, 3.8) is 0 Å². The second-order valence-electron chi connectivity index (χ2n) is 9.10. The molecule has 2 unspecified atom stereocenters. The molecule has 1 aliphatic carbocycles. The van der Waals surface area contributed by atoms with Crippen molar-refractivity contribution < 1.29 is 9.47 Å². The molecule has 4 heterocycles. The Morgan fingerprint density at radius 2 is 1.82 bits per heavy atom. The number of aromatic amines is 1. The van der Waals surface area contributed by atoms with Gasteiger partial charge in [-0.25, -0.2) is 15.0 Å². The Hall–Kier alpha value is -3.49. The minimum Gasteiger partial charge on any atom is -0.457 e. The molecule has 1 N–H and O–H groups in total. The normalized spacial score (nSPS) is 21.3. The van der Waals surface area contributed by atoms with Gasteiger partial charge < -0.3 is 14.5 Å². The van der Waals surface area contributed by atoms with Gasteiger partial charge in [-0.1, -0.05) is 11.6 Å². The van der Waals surface area contributed by atoms with Crippen LogP contribution in [-0.2, 0) is 11.3 Å². The largest absolute Gasteiger partial charge is 0.457 e. The lowest BCUT2D eigenvalue weighted by Crippen LogP contribution is -2.07. The van der Waals surface area contributed by atoms with Crippen LogP contribution in [-0.4, -0.2) is 42.9 Å². The molecule has 2 aromatic carbocycles. The molecule has 34 heavy (non-hydrogen) atoms. The van der Waals surface area contributed by atoms with E-state index >= 15 is 0 Å². The Bertz CT molecular complexity index is 1550. The molecule has 3 aromatic heterocycles.